The first-order chi connectivity index (χ1) is 11.3. The summed E-state index contributed by atoms with van der Waals surface area (Å²) in [5, 5.41) is 9.75. The van der Waals surface area contributed by atoms with Gasteiger partial charge in [-0.2, -0.15) is 13.2 Å². The number of hydrogen-bond acceptors (Lipinski definition) is 4. The number of hydrogen-bond donors (Lipinski definition) is 1. The zero-order valence-electron chi connectivity index (χ0n) is 12.9. The number of benzene rings is 1. The Kier molecular flexibility index (Phi) is 3.90. The maximum absolute atomic E-state index is 13.8. The molecule has 0 aliphatic carbocycles. The number of aryl methyl sites for hydroxylation is 2. The third-order valence-electron chi connectivity index (χ3n) is 3.62. The fraction of sp³-hybridized carbons (Fsp3) is 0.357. The van der Waals surface area contributed by atoms with E-state index in [0.29, 0.717) is 16.7 Å². The van der Waals surface area contributed by atoms with Gasteiger partial charge in [-0.1, -0.05) is 11.3 Å². The van der Waals surface area contributed by atoms with Gasteiger partial charge in [0.15, 0.2) is 11.5 Å². The number of anilines is 1. The molecule has 0 unspecified atom stereocenters. The summed E-state index contributed by atoms with van der Waals surface area (Å²) in [4.78, 5) is 4.14. The fourth-order valence-electron chi connectivity index (χ4n) is 2.60. The summed E-state index contributed by atoms with van der Waals surface area (Å²) < 4.78 is 55.3. The van der Waals surface area contributed by atoms with Crippen LogP contribution in [0.4, 0.5) is 23.5 Å². The summed E-state index contributed by atoms with van der Waals surface area (Å²) in [6, 6.07) is 4.53. The quantitative estimate of drug-likeness (QED) is 0.741. The number of nitrogens with one attached hydrogen (secondary N) is 1. The van der Waals surface area contributed by atoms with E-state index in [2.05, 4.69) is 20.6 Å². The molecule has 0 radical (unpaired) electrons. The second-order valence-corrected chi connectivity index (χ2v) is 5.15. The molecule has 6 nitrogen and oxygen atoms in total. The van der Waals surface area contributed by atoms with Gasteiger partial charge in [-0.15, -0.1) is 5.10 Å². The van der Waals surface area contributed by atoms with Gasteiger partial charge < -0.3 is 9.88 Å². The minimum atomic E-state index is -4.56. The Balaban J connectivity index is 1.94. The zero-order chi connectivity index (χ0) is 17.5. The molecule has 128 valence electrons. The lowest BCUT2D eigenvalue weighted by Crippen LogP contribution is -2.16. The summed E-state index contributed by atoms with van der Waals surface area (Å²) in [6.07, 6.45) is -4.56. The van der Waals surface area contributed by atoms with Crippen LogP contribution in [0.25, 0.3) is 11.0 Å². The van der Waals surface area contributed by atoms with E-state index in [-0.39, 0.29) is 23.7 Å². The molecule has 1 aromatic carbocycles. The van der Waals surface area contributed by atoms with Crippen molar-refractivity contribution in [3.05, 3.63) is 35.4 Å². The maximum atomic E-state index is 13.8. The topological polar surface area (TPSA) is 60.6 Å². The smallest absolute Gasteiger partial charge is 0.350 e. The molecular formula is C14H14F4N6. The van der Waals surface area contributed by atoms with Crippen LogP contribution in [0.3, 0.4) is 0 Å². The van der Waals surface area contributed by atoms with Crippen LogP contribution in [0, 0.1) is 5.82 Å². The molecule has 0 aliphatic rings. The normalized spacial score (nSPS) is 12.1. The van der Waals surface area contributed by atoms with E-state index < -0.39 is 17.7 Å². The average Bonchev–Trinajstić information content (AvgIpc) is 3.05. The largest absolute Gasteiger partial charge is 0.434 e. The first-order valence-corrected chi connectivity index (χ1v) is 7.17. The van der Waals surface area contributed by atoms with Gasteiger partial charge in [-0.3, -0.25) is 0 Å². The van der Waals surface area contributed by atoms with Gasteiger partial charge in [0.2, 0.25) is 5.95 Å². The van der Waals surface area contributed by atoms with E-state index >= 15 is 0 Å². The van der Waals surface area contributed by atoms with Crippen molar-refractivity contribution < 1.29 is 17.6 Å². The maximum Gasteiger partial charge on any atom is 0.434 e. The number of rotatable bonds is 4. The molecule has 0 fully saturated rings. The van der Waals surface area contributed by atoms with Crippen LogP contribution in [-0.4, -0.2) is 24.5 Å². The van der Waals surface area contributed by atoms with Crippen molar-refractivity contribution in [2.24, 2.45) is 7.05 Å². The highest BCUT2D eigenvalue weighted by atomic mass is 19.4. The Hall–Kier alpha value is -2.65. The predicted octanol–water partition coefficient (Wildman–Crippen LogP) is 2.95. The molecule has 1 N–H and O–H groups in total. The number of para-hydroxylation sites is 1. The number of nitrogens with zero attached hydrogens (tertiary/aromatic N) is 5. The van der Waals surface area contributed by atoms with E-state index in [1.165, 1.54) is 13.1 Å². The zero-order valence-corrected chi connectivity index (χ0v) is 12.9. The van der Waals surface area contributed by atoms with Crippen LogP contribution in [0.15, 0.2) is 18.2 Å². The van der Waals surface area contributed by atoms with Gasteiger partial charge in [-0.05, 0) is 19.1 Å². The molecule has 2 heterocycles. The molecular weight excluding hydrogens is 328 g/mol. The number of alkyl halides is 3. The highest BCUT2D eigenvalue weighted by Crippen LogP contribution is 2.31. The SMILES string of the molecule is CCn1c(NCc2nnn(C)c2C(F)(F)F)nc2c(F)cccc21. The van der Waals surface area contributed by atoms with E-state index in [1.54, 1.807) is 16.7 Å². The van der Waals surface area contributed by atoms with E-state index in [9.17, 15) is 17.6 Å². The monoisotopic (exact) mass is 342 g/mol. The van der Waals surface area contributed by atoms with Crippen molar-refractivity contribution in [1.29, 1.82) is 0 Å². The van der Waals surface area contributed by atoms with E-state index in [4.69, 9.17) is 0 Å². The Labute approximate surface area is 134 Å². The summed E-state index contributed by atoms with van der Waals surface area (Å²) >= 11 is 0. The fourth-order valence-corrected chi connectivity index (χ4v) is 2.60. The van der Waals surface area contributed by atoms with Crippen LogP contribution in [0.1, 0.15) is 18.3 Å². The molecule has 0 bridgehead atoms. The van der Waals surface area contributed by atoms with Crippen molar-refractivity contribution in [3.8, 4) is 0 Å². The molecule has 0 atom stereocenters. The first kappa shape index (κ1) is 16.2. The van der Waals surface area contributed by atoms with Crippen LogP contribution >= 0.6 is 0 Å². The lowest BCUT2D eigenvalue weighted by molar-refractivity contribution is -0.144. The summed E-state index contributed by atoms with van der Waals surface area (Å²) in [5.41, 5.74) is -0.451. The highest BCUT2D eigenvalue weighted by Gasteiger charge is 2.38. The van der Waals surface area contributed by atoms with E-state index in [0.717, 1.165) is 0 Å². The number of halogens is 4. The molecule has 3 aromatic rings. The molecule has 10 heteroatoms. The second-order valence-electron chi connectivity index (χ2n) is 5.15. The van der Waals surface area contributed by atoms with Crippen molar-refractivity contribution in [1.82, 2.24) is 24.5 Å². The summed E-state index contributed by atoms with van der Waals surface area (Å²) in [5.74, 6) is -0.213. The average molecular weight is 342 g/mol. The van der Waals surface area contributed by atoms with Crippen LogP contribution < -0.4 is 5.32 Å². The summed E-state index contributed by atoms with van der Waals surface area (Å²) in [7, 11) is 1.18. The Morgan fingerprint density at radius 1 is 1.25 bits per heavy atom. The van der Waals surface area contributed by atoms with Gasteiger partial charge in [-0.25, -0.2) is 14.1 Å². The van der Waals surface area contributed by atoms with Crippen LogP contribution in [0.5, 0.6) is 0 Å². The number of aromatic nitrogens is 5. The minimum absolute atomic E-state index is 0.164. The molecule has 0 saturated carbocycles. The number of imidazole rings is 1. The van der Waals surface area contributed by atoms with Gasteiger partial charge in [0.1, 0.15) is 11.2 Å². The third kappa shape index (κ3) is 2.68. The molecule has 2 aromatic heterocycles. The molecule has 0 saturated heterocycles. The Bertz CT molecular complexity index is 879. The Morgan fingerprint density at radius 3 is 2.67 bits per heavy atom. The standard InChI is InChI=1S/C14H14F4N6/c1-3-24-10-6-4-5-8(15)11(10)20-13(24)19-7-9-12(14(16,17)18)23(2)22-21-9/h4-6H,3,7H2,1-2H3,(H,19,20). The lowest BCUT2D eigenvalue weighted by Gasteiger charge is -2.10. The van der Waals surface area contributed by atoms with Crippen molar-refractivity contribution in [2.45, 2.75) is 26.2 Å². The predicted molar refractivity (Wildman–Crippen MR) is 78.7 cm³/mol. The van der Waals surface area contributed by atoms with Gasteiger partial charge in [0, 0.05) is 13.6 Å². The van der Waals surface area contributed by atoms with Crippen LogP contribution in [0.2, 0.25) is 0 Å². The van der Waals surface area contributed by atoms with Crippen molar-refractivity contribution >= 4 is 17.0 Å². The molecule has 3 rings (SSSR count). The lowest BCUT2D eigenvalue weighted by atomic mass is 10.3. The van der Waals surface area contributed by atoms with Gasteiger partial charge in [0.25, 0.3) is 0 Å². The highest BCUT2D eigenvalue weighted by molar-refractivity contribution is 5.79. The molecule has 0 amide bonds. The van der Waals surface area contributed by atoms with Gasteiger partial charge in [0.05, 0.1) is 12.1 Å². The van der Waals surface area contributed by atoms with Gasteiger partial charge >= 0.3 is 6.18 Å². The van der Waals surface area contributed by atoms with Crippen molar-refractivity contribution in [2.75, 3.05) is 5.32 Å². The number of fused-ring (bicyclic) bond motifs is 1. The van der Waals surface area contributed by atoms with E-state index in [1.807, 2.05) is 6.92 Å². The summed E-state index contributed by atoms with van der Waals surface area (Å²) in [6.45, 7) is 2.09. The van der Waals surface area contributed by atoms with Crippen LogP contribution in [-0.2, 0) is 26.3 Å². The Morgan fingerprint density at radius 2 is 2.00 bits per heavy atom. The molecule has 24 heavy (non-hydrogen) atoms. The molecule has 0 spiro atoms. The molecule has 0 aliphatic heterocycles. The first-order valence-electron chi connectivity index (χ1n) is 7.17. The third-order valence-corrected chi connectivity index (χ3v) is 3.62. The minimum Gasteiger partial charge on any atom is -0.350 e. The van der Waals surface area contributed by atoms with Crippen molar-refractivity contribution in [3.63, 3.8) is 0 Å². The second kappa shape index (κ2) is 5.77.